The van der Waals surface area contributed by atoms with E-state index in [-0.39, 0.29) is 12.0 Å². The van der Waals surface area contributed by atoms with Crippen LogP contribution < -0.4 is 0 Å². The molecule has 1 aliphatic carbocycles. The normalized spacial score (nSPS) is 21.1. The van der Waals surface area contributed by atoms with Crippen LogP contribution in [0.3, 0.4) is 0 Å². The molecule has 0 aromatic heterocycles. The standard InChI is InChI=1S/C16H20F2O/c1-2-4-15(19)12-9-7-11(8-10-12)13-5-3-6-14(17)16(13)18/h3,5-7,12,15,19H,2,4,8-10H2,1H3. The summed E-state index contributed by atoms with van der Waals surface area (Å²) in [5, 5.41) is 9.97. The monoisotopic (exact) mass is 266 g/mol. The molecule has 1 aromatic rings. The second kappa shape index (κ2) is 6.29. The van der Waals surface area contributed by atoms with Crippen LogP contribution in [0.25, 0.3) is 5.57 Å². The molecule has 0 saturated carbocycles. The van der Waals surface area contributed by atoms with Crippen LogP contribution in [-0.4, -0.2) is 11.2 Å². The van der Waals surface area contributed by atoms with Crippen molar-refractivity contribution in [3.8, 4) is 0 Å². The number of benzene rings is 1. The Kier molecular flexibility index (Phi) is 4.70. The molecule has 3 heteroatoms. The molecular weight excluding hydrogens is 246 g/mol. The minimum Gasteiger partial charge on any atom is -0.393 e. The van der Waals surface area contributed by atoms with Crippen molar-refractivity contribution < 1.29 is 13.9 Å². The number of aliphatic hydroxyl groups excluding tert-OH is 1. The predicted molar refractivity (Wildman–Crippen MR) is 72.6 cm³/mol. The molecule has 1 nitrogen and oxygen atoms in total. The first-order chi connectivity index (χ1) is 9.13. The number of allylic oxidation sites excluding steroid dienone is 2. The van der Waals surface area contributed by atoms with Gasteiger partial charge in [0.15, 0.2) is 11.6 Å². The average molecular weight is 266 g/mol. The van der Waals surface area contributed by atoms with Gasteiger partial charge in [-0.15, -0.1) is 0 Å². The second-order valence-electron chi connectivity index (χ2n) is 5.22. The van der Waals surface area contributed by atoms with Gasteiger partial charge in [-0.3, -0.25) is 0 Å². The number of hydrogen-bond acceptors (Lipinski definition) is 1. The molecule has 0 aliphatic heterocycles. The zero-order valence-corrected chi connectivity index (χ0v) is 11.2. The molecule has 0 bridgehead atoms. The lowest BCUT2D eigenvalue weighted by atomic mass is 9.82. The van der Waals surface area contributed by atoms with Crippen LogP contribution in [0.15, 0.2) is 24.3 Å². The van der Waals surface area contributed by atoms with Crippen molar-refractivity contribution in [1.82, 2.24) is 0 Å². The van der Waals surface area contributed by atoms with Gasteiger partial charge in [-0.25, -0.2) is 8.78 Å². The molecule has 2 rings (SSSR count). The summed E-state index contributed by atoms with van der Waals surface area (Å²) < 4.78 is 26.9. The Bertz CT molecular complexity index is 468. The minimum atomic E-state index is -0.799. The molecule has 1 aromatic carbocycles. The largest absolute Gasteiger partial charge is 0.393 e. The smallest absolute Gasteiger partial charge is 0.166 e. The Morgan fingerprint density at radius 2 is 2.16 bits per heavy atom. The minimum absolute atomic E-state index is 0.250. The maximum atomic E-state index is 13.7. The molecule has 0 amide bonds. The fourth-order valence-corrected chi connectivity index (χ4v) is 2.73. The Labute approximate surface area is 113 Å². The lowest BCUT2D eigenvalue weighted by molar-refractivity contribution is 0.0934. The van der Waals surface area contributed by atoms with Gasteiger partial charge in [-0.2, -0.15) is 0 Å². The number of aliphatic hydroxyl groups is 1. The Morgan fingerprint density at radius 1 is 1.37 bits per heavy atom. The first-order valence-corrected chi connectivity index (χ1v) is 6.95. The molecule has 0 fully saturated rings. The molecule has 104 valence electrons. The van der Waals surface area contributed by atoms with Crippen molar-refractivity contribution in [2.75, 3.05) is 0 Å². The van der Waals surface area contributed by atoms with E-state index >= 15 is 0 Å². The third kappa shape index (κ3) is 3.21. The van der Waals surface area contributed by atoms with Gasteiger partial charge >= 0.3 is 0 Å². The summed E-state index contributed by atoms with van der Waals surface area (Å²) >= 11 is 0. The van der Waals surface area contributed by atoms with E-state index < -0.39 is 11.6 Å². The SMILES string of the molecule is CCCC(O)C1CC=C(c2cccc(F)c2F)CC1. The van der Waals surface area contributed by atoms with Crippen molar-refractivity contribution in [2.45, 2.75) is 45.1 Å². The summed E-state index contributed by atoms with van der Waals surface area (Å²) in [5.74, 6) is -1.31. The van der Waals surface area contributed by atoms with Crippen molar-refractivity contribution in [1.29, 1.82) is 0 Å². The van der Waals surface area contributed by atoms with E-state index in [2.05, 4.69) is 6.92 Å². The molecule has 0 heterocycles. The van der Waals surface area contributed by atoms with Gasteiger partial charge in [0.25, 0.3) is 0 Å². The maximum Gasteiger partial charge on any atom is 0.166 e. The fourth-order valence-electron chi connectivity index (χ4n) is 2.73. The molecule has 1 N–H and O–H groups in total. The van der Waals surface area contributed by atoms with Gasteiger partial charge in [0.1, 0.15) is 0 Å². The Hall–Kier alpha value is -1.22. The highest BCUT2D eigenvalue weighted by Gasteiger charge is 2.23. The van der Waals surface area contributed by atoms with Gasteiger partial charge in [-0.05, 0) is 43.2 Å². The van der Waals surface area contributed by atoms with Crippen molar-refractivity contribution in [2.24, 2.45) is 5.92 Å². The molecular formula is C16H20F2O. The Balaban J connectivity index is 2.10. The maximum absolute atomic E-state index is 13.7. The van der Waals surface area contributed by atoms with E-state index in [1.807, 2.05) is 6.08 Å². The molecule has 1 aliphatic rings. The zero-order chi connectivity index (χ0) is 13.8. The summed E-state index contributed by atoms with van der Waals surface area (Å²) in [5.41, 5.74) is 1.22. The molecule has 0 spiro atoms. The lowest BCUT2D eigenvalue weighted by Gasteiger charge is -2.26. The van der Waals surface area contributed by atoms with Crippen molar-refractivity contribution >= 4 is 5.57 Å². The summed E-state index contributed by atoms with van der Waals surface area (Å²) in [6.45, 7) is 2.05. The van der Waals surface area contributed by atoms with Crippen molar-refractivity contribution in [3.63, 3.8) is 0 Å². The first-order valence-electron chi connectivity index (χ1n) is 6.95. The number of rotatable bonds is 4. The average Bonchev–Trinajstić information content (AvgIpc) is 2.42. The van der Waals surface area contributed by atoms with Gasteiger partial charge in [0, 0.05) is 5.56 Å². The molecule has 0 saturated heterocycles. The highest BCUT2D eigenvalue weighted by Crippen LogP contribution is 2.34. The van der Waals surface area contributed by atoms with E-state index in [0.717, 1.165) is 37.3 Å². The van der Waals surface area contributed by atoms with Gasteiger partial charge in [0.2, 0.25) is 0 Å². The van der Waals surface area contributed by atoms with Crippen LogP contribution in [0.4, 0.5) is 8.78 Å². The highest BCUT2D eigenvalue weighted by atomic mass is 19.2. The number of halogens is 2. The van der Waals surface area contributed by atoms with E-state index in [1.54, 1.807) is 6.07 Å². The van der Waals surface area contributed by atoms with E-state index in [4.69, 9.17) is 0 Å². The first kappa shape index (κ1) is 14.2. The fraction of sp³-hybridized carbons (Fsp3) is 0.500. The van der Waals surface area contributed by atoms with E-state index in [1.165, 1.54) is 6.07 Å². The van der Waals surface area contributed by atoms with E-state index in [9.17, 15) is 13.9 Å². The second-order valence-corrected chi connectivity index (χ2v) is 5.22. The highest BCUT2D eigenvalue weighted by molar-refractivity contribution is 5.66. The predicted octanol–water partition coefficient (Wildman–Crippen LogP) is 4.31. The van der Waals surface area contributed by atoms with Crippen LogP contribution in [0.2, 0.25) is 0 Å². The third-order valence-corrected chi connectivity index (χ3v) is 3.88. The zero-order valence-electron chi connectivity index (χ0n) is 11.2. The van der Waals surface area contributed by atoms with Gasteiger partial charge in [0.05, 0.1) is 6.10 Å². The topological polar surface area (TPSA) is 20.2 Å². The molecule has 0 radical (unpaired) electrons. The van der Waals surface area contributed by atoms with Crippen LogP contribution in [0, 0.1) is 17.6 Å². The summed E-state index contributed by atoms with van der Waals surface area (Å²) in [4.78, 5) is 0. The quantitative estimate of drug-likeness (QED) is 0.861. The molecule has 2 unspecified atom stereocenters. The molecule has 19 heavy (non-hydrogen) atoms. The summed E-state index contributed by atoms with van der Waals surface area (Å²) in [7, 11) is 0. The summed E-state index contributed by atoms with van der Waals surface area (Å²) in [6, 6.07) is 4.29. The van der Waals surface area contributed by atoms with Gasteiger partial charge < -0.3 is 5.11 Å². The summed E-state index contributed by atoms with van der Waals surface area (Å²) in [6.07, 6.45) is 5.72. The third-order valence-electron chi connectivity index (χ3n) is 3.88. The van der Waals surface area contributed by atoms with Crippen LogP contribution in [0.5, 0.6) is 0 Å². The molecule has 2 atom stereocenters. The van der Waals surface area contributed by atoms with Crippen molar-refractivity contribution in [3.05, 3.63) is 41.5 Å². The Morgan fingerprint density at radius 3 is 2.79 bits per heavy atom. The van der Waals surface area contributed by atoms with Crippen LogP contribution in [0.1, 0.15) is 44.6 Å². The van der Waals surface area contributed by atoms with E-state index in [0.29, 0.717) is 12.0 Å². The van der Waals surface area contributed by atoms with Gasteiger partial charge in [-0.1, -0.05) is 31.6 Å². The van der Waals surface area contributed by atoms with Crippen LogP contribution >= 0.6 is 0 Å². The van der Waals surface area contributed by atoms with Crippen LogP contribution in [-0.2, 0) is 0 Å². The number of hydrogen-bond donors (Lipinski definition) is 1. The lowest BCUT2D eigenvalue weighted by Crippen LogP contribution is -2.22.